The average molecular weight is 255 g/mol. The second kappa shape index (κ2) is 4.74. The molecule has 2 aromatic carbocycles. The summed E-state index contributed by atoms with van der Waals surface area (Å²) in [5.41, 5.74) is 9.64. The zero-order valence-electron chi connectivity index (χ0n) is 10.2. The smallest absolute Gasteiger partial charge is 0.333 e. The van der Waals surface area contributed by atoms with Crippen molar-refractivity contribution in [2.24, 2.45) is 5.73 Å². The minimum absolute atomic E-state index is 0.0618. The SMILES string of the molecule is NC(=O)OOCC1c2ccccc2-c2ccccc21. The van der Waals surface area contributed by atoms with Crippen LogP contribution in [0.1, 0.15) is 17.0 Å². The highest BCUT2D eigenvalue weighted by Gasteiger charge is 2.28. The Morgan fingerprint density at radius 3 is 2.05 bits per heavy atom. The van der Waals surface area contributed by atoms with Crippen LogP contribution in [-0.2, 0) is 9.78 Å². The lowest BCUT2D eigenvalue weighted by Gasteiger charge is -2.12. The van der Waals surface area contributed by atoms with Crippen LogP contribution < -0.4 is 5.73 Å². The van der Waals surface area contributed by atoms with Crippen LogP contribution in [0.25, 0.3) is 11.1 Å². The highest BCUT2D eigenvalue weighted by atomic mass is 17.2. The normalized spacial score (nSPS) is 12.8. The van der Waals surface area contributed by atoms with Gasteiger partial charge in [0.25, 0.3) is 0 Å². The van der Waals surface area contributed by atoms with Gasteiger partial charge in [-0.05, 0) is 22.3 Å². The number of fused-ring (bicyclic) bond motifs is 3. The van der Waals surface area contributed by atoms with Crippen LogP contribution in [0.15, 0.2) is 48.5 Å². The maximum Gasteiger partial charge on any atom is 0.436 e. The molecule has 1 aliphatic carbocycles. The van der Waals surface area contributed by atoms with Crippen LogP contribution in [0.4, 0.5) is 4.79 Å². The molecule has 2 aromatic rings. The number of hydrogen-bond donors (Lipinski definition) is 1. The predicted octanol–water partition coefficient (Wildman–Crippen LogP) is 2.83. The number of amides is 1. The Balaban J connectivity index is 1.93. The highest BCUT2D eigenvalue weighted by Crippen LogP contribution is 2.44. The molecule has 0 aliphatic heterocycles. The highest BCUT2D eigenvalue weighted by molar-refractivity contribution is 5.78. The molecule has 0 unspecified atom stereocenters. The van der Waals surface area contributed by atoms with Crippen molar-refractivity contribution in [3.63, 3.8) is 0 Å². The van der Waals surface area contributed by atoms with E-state index in [-0.39, 0.29) is 12.5 Å². The van der Waals surface area contributed by atoms with Crippen molar-refractivity contribution in [3.8, 4) is 11.1 Å². The van der Waals surface area contributed by atoms with Gasteiger partial charge in [0, 0.05) is 5.92 Å². The molecular weight excluding hydrogens is 242 g/mol. The average Bonchev–Trinajstić information content (AvgIpc) is 2.74. The summed E-state index contributed by atoms with van der Waals surface area (Å²) in [5.74, 6) is 0.0618. The molecule has 0 fully saturated rings. The third-order valence-electron chi connectivity index (χ3n) is 3.34. The number of rotatable bonds is 3. The summed E-state index contributed by atoms with van der Waals surface area (Å²) >= 11 is 0. The molecule has 0 heterocycles. The van der Waals surface area contributed by atoms with Crippen molar-refractivity contribution in [1.29, 1.82) is 0 Å². The van der Waals surface area contributed by atoms with Gasteiger partial charge in [0.15, 0.2) is 0 Å². The standard InChI is InChI=1S/C15H13NO3/c16-15(17)19-18-9-14-12-7-3-1-5-10(12)11-6-2-4-8-13(11)14/h1-8,14H,9H2,(H2,16,17). The van der Waals surface area contributed by atoms with Gasteiger partial charge in [-0.1, -0.05) is 48.5 Å². The Morgan fingerprint density at radius 2 is 1.53 bits per heavy atom. The lowest BCUT2D eigenvalue weighted by atomic mass is 9.98. The molecule has 4 heteroatoms. The molecule has 2 N–H and O–H groups in total. The summed E-state index contributed by atoms with van der Waals surface area (Å²) in [6.07, 6.45) is -0.931. The molecule has 96 valence electrons. The molecule has 0 saturated carbocycles. The van der Waals surface area contributed by atoms with E-state index in [2.05, 4.69) is 29.2 Å². The minimum atomic E-state index is -0.931. The fraction of sp³-hybridized carbons (Fsp3) is 0.133. The fourth-order valence-electron chi connectivity index (χ4n) is 2.60. The third-order valence-corrected chi connectivity index (χ3v) is 3.34. The quantitative estimate of drug-likeness (QED) is 0.677. The van der Waals surface area contributed by atoms with Gasteiger partial charge < -0.3 is 5.73 Å². The molecule has 0 saturated heterocycles. The molecule has 0 bridgehead atoms. The van der Waals surface area contributed by atoms with Crippen molar-refractivity contribution in [1.82, 2.24) is 0 Å². The van der Waals surface area contributed by atoms with Crippen molar-refractivity contribution >= 4 is 6.09 Å². The Kier molecular flexibility index (Phi) is 2.93. The molecule has 4 nitrogen and oxygen atoms in total. The lowest BCUT2D eigenvalue weighted by Crippen LogP contribution is -2.16. The topological polar surface area (TPSA) is 61.6 Å². The minimum Gasteiger partial charge on any atom is -0.333 e. The first-order valence-electron chi connectivity index (χ1n) is 6.04. The summed E-state index contributed by atoms with van der Waals surface area (Å²) in [7, 11) is 0. The molecule has 19 heavy (non-hydrogen) atoms. The Hall–Kier alpha value is -2.33. The van der Waals surface area contributed by atoms with E-state index in [0.29, 0.717) is 0 Å². The van der Waals surface area contributed by atoms with Crippen LogP contribution in [0.5, 0.6) is 0 Å². The number of benzene rings is 2. The molecule has 0 radical (unpaired) electrons. The van der Waals surface area contributed by atoms with E-state index in [9.17, 15) is 4.79 Å². The zero-order valence-corrected chi connectivity index (χ0v) is 10.2. The van der Waals surface area contributed by atoms with Crippen molar-refractivity contribution < 1.29 is 14.6 Å². The third kappa shape index (κ3) is 2.06. The van der Waals surface area contributed by atoms with Crippen LogP contribution in [-0.4, -0.2) is 12.7 Å². The molecular formula is C15H13NO3. The van der Waals surface area contributed by atoms with E-state index in [1.807, 2.05) is 24.3 Å². The summed E-state index contributed by atoms with van der Waals surface area (Å²) in [4.78, 5) is 19.8. The van der Waals surface area contributed by atoms with E-state index in [4.69, 9.17) is 10.6 Å². The van der Waals surface area contributed by atoms with Gasteiger partial charge in [0.1, 0.15) is 6.61 Å². The molecule has 3 rings (SSSR count). The lowest BCUT2D eigenvalue weighted by molar-refractivity contribution is -0.237. The summed E-state index contributed by atoms with van der Waals surface area (Å²) < 4.78 is 0. The first kappa shape index (κ1) is 11.7. The Labute approximate surface area is 110 Å². The molecule has 0 atom stereocenters. The number of hydrogen-bond acceptors (Lipinski definition) is 3. The van der Waals surface area contributed by atoms with Crippen LogP contribution in [0.3, 0.4) is 0 Å². The zero-order chi connectivity index (χ0) is 13.2. The van der Waals surface area contributed by atoms with Crippen LogP contribution in [0.2, 0.25) is 0 Å². The van der Waals surface area contributed by atoms with Crippen molar-refractivity contribution in [3.05, 3.63) is 59.7 Å². The van der Waals surface area contributed by atoms with Gasteiger partial charge >= 0.3 is 6.09 Å². The van der Waals surface area contributed by atoms with E-state index in [1.165, 1.54) is 22.3 Å². The first-order chi connectivity index (χ1) is 9.27. The van der Waals surface area contributed by atoms with E-state index in [1.54, 1.807) is 0 Å². The summed E-state index contributed by atoms with van der Waals surface area (Å²) in [6, 6.07) is 16.3. The van der Waals surface area contributed by atoms with Crippen LogP contribution in [0, 0.1) is 0 Å². The number of nitrogens with two attached hydrogens (primary N) is 1. The van der Waals surface area contributed by atoms with Gasteiger partial charge in [0.2, 0.25) is 0 Å². The van der Waals surface area contributed by atoms with Crippen molar-refractivity contribution in [2.45, 2.75) is 5.92 Å². The largest absolute Gasteiger partial charge is 0.436 e. The van der Waals surface area contributed by atoms with Gasteiger partial charge in [-0.2, -0.15) is 4.89 Å². The van der Waals surface area contributed by atoms with E-state index in [0.717, 1.165) is 0 Å². The van der Waals surface area contributed by atoms with Gasteiger partial charge in [0.05, 0.1) is 0 Å². The molecule has 0 aromatic heterocycles. The summed E-state index contributed by atoms with van der Waals surface area (Å²) in [5, 5.41) is 0. The molecule has 0 spiro atoms. The summed E-state index contributed by atoms with van der Waals surface area (Å²) in [6.45, 7) is 0.261. The second-order valence-corrected chi connectivity index (χ2v) is 4.41. The van der Waals surface area contributed by atoms with Crippen molar-refractivity contribution in [2.75, 3.05) is 6.61 Å². The first-order valence-corrected chi connectivity index (χ1v) is 6.04. The van der Waals surface area contributed by atoms with E-state index >= 15 is 0 Å². The number of carbonyl (C=O) groups excluding carboxylic acids is 1. The maximum absolute atomic E-state index is 10.5. The van der Waals surface area contributed by atoms with Gasteiger partial charge in [-0.15, -0.1) is 0 Å². The van der Waals surface area contributed by atoms with E-state index < -0.39 is 6.09 Å². The number of carbonyl (C=O) groups is 1. The Bertz CT molecular complexity index is 579. The predicted molar refractivity (Wildman–Crippen MR) is 70.3 cm³/mol. The monoisotopic (exact) mass is 255 g/mol. The maximum atomic E-state index is 10.5. The molecule has 1 aliphatic rings. The van der Waals surface area contributed by atoms with Crippen LogP contribution >= 0.6 is 0 Å². The second-order valence-electron chi connectivity index (χ2n) is 4.41. The Morgan fingerprint density at radius 1 is 1.00 bits per heavy atom. The molecule has 1 amide bonds. The van der Waals surface area contributed by atoms with Gasteiger partial charge in [-0.3, -0.25) is 4.89 Å². The fourth-order valence-corrected chi connectivity index (χ4v) is 2.60. The van der Waals surface area contributed by atoms with Gasteiger partial charge in [-0.25, -0.2) is 4.79 Å². The number of primary amides is 1.